The van der Waals surface area contributed by atoms with E-state index in [2.05, 4.69) is 133 Å². The molecule has 7 aromatic carbocycles. The molecular weight excluding hydrogens is 633 g/mol. The van der Waals surface area contributed by atoms with Crippen molar-refractivity contribution in [2.45, 2.75) is 0 Å². The fourth-order valence-corrected chi connectivity index (χ4v) is 11.7. The Labute approximate surface area is 280 Å². The minimum absolute atomic E-state index is 1.25. The van der Waals surface area contributed by atoms with Crippen LogP contribution in [0.25, 0.3) is 103 Å². The number of rotatable bonds is 2. The minimum atomic E-state index is 1.25. The summed E-state index contributed by atoms with van der Waals surface area (Å²) in [6.45, 7) is 0. The van der Waals surface area contributed by atoms with Gasteiger partial charge in [0.1, 0.15) is 0 Å². The summed E-state index contributed by atoms with van der Waals surface area (Å²) < 4.78 is 10.9. The van der Waals surface area contributed by atoms with Crippen LogP contribution < -0.4 is 0 Å². The van der Waals surface area contributed by atoms with E-state index in [1.54, 1.807) is 0 Å². The van der Waals surface area contributed by atoms with Gasteiger partial charge in [-0.2, -0.15) is 0 Å². The third-order valence-corrected chi connectivity index (χ3v) is 14.0. The second-order valence-electron chi connectivity index (χ2n) is 12.1. The van der Waals surface area contributed by atoms with Gasteiger partial charge in [-0.1, -0.05) is 66.7 Å². The van der Waals surface area contributed by atoms with Gasteiger partial charge in [-0.15, -0.1) is 45.3 Å². The average molecular weight is 655 g/mol. The highest BCUT2D eigenvalue weighted by Gasteiger charge is 2.14. The molecule has 4 heterocycles. The van der Waals surface area contributed by atoms with Gasteiger partial charge in [-0.05, 0) is 89.0 Å². The number of hydrogen-bond acceptors (Lipinski definition) is 4. The van der Waals surface area contributed by atoms with Crippen molar-refractivity contribution in [2.24, 2.45) is 0 Å². The van der Waals surface area contributed by atoms with E-state index in [0.717, 1.165) is 0 Å². The smallest absolute Gasteiger partial charge is 0.0362 e. The van der Waals surface area contributed by atoms with Gasteiger partial charge in [0, 0.05) is 80.7 Å². The first-order chi connectivity index (χ1) is 22.7. The monoisotopic (exact) mass is 654 g/mol. The van der Waals surface area contributed by atoms with Crippen LogP contribution in [0.4, 0.5) is 0 Å². The molecular formula is C42H22S4. The lowest BCUT2D eigenvalue weighted by atomic mass is 9.97. The summed E-state index contributed by atoms with van der Waals surface area (Å²) in [4.78, 5) is 0. The van der Waals surface area contributed by atoms with Gasteiger partial charge >= 0.3 is 0 Å². The molecule has 0 radical (unpaired) electrons. The zero-order valence-corrected chi connectivity index (χ0v) is 27.6. The van der Waals surface area contributed by atoms with Gasteiger partial charge < -0.3 is 0 Å². The summed E-state index contributed by atoms with van der Waals surface area (Å²) in [5, 5.41) is 10.9. The molecule has 0 spiro atoms. The van der Waals surface area contributed by atoms with Crippen molar-refractivity contribution in [3.05, 3.63) is 133 Å². The van der Waals surface area contributed by atoms with Crippen LogP contribution in [0.3, 0.4) is 0 Å². The molecule has 46 heavy (non-hydrogen) atoms. The van der Waals surface area contributed by atoms with Crippen molar-refractivity contribution < 1.29 is 0 Å². The summed E-state index contributed by atoms with van der Waals surface area (Å²) in [6, 6.07) is 50.3. The molecule has 0 aliphatic heterocycles. The van der Waals surface area contributed by atoms with Gasteiger partial charge in [0.2, 0.25) is 0 Å². The molecule has 0 saturated carbocycles. The number of fused-ring (bicyclic) bond motifs is 12. The normalized spacial score (nSPS) is 12.3. The predicted molar refractivity (Wildman–Crippen MR) is 209 cm³/mol. The van der Waals surface area contributed by atoms with Crippen LogP contribution in [-0.4, -0.2) is 0 Å². The van der Waals surface area contributed by atoms with Crippen LogP contribution in [0, 0.1) is 0 Å². The molecule has 0 nitrogen and oxygen atoms in total. The third kappa shape index (κ3) is 3.70. The van der Waals surface area contributed by atoms with E-state index in [4.69, 9.17) is 0 Å². The van der Waals surface area contributed by atoms with Gasteiger partial charge in [0.05, 0.1) is 0 Å². The van der Waals surface area contributed by atoms with E-state index in [1.807, 2.05) is 45.3 Å². The summed E-state index contributed by atoms with van der Waals surface area (Å²) in [5.74, 6) is 0. The fourth-order valence-electron chi connectivity index (χ4n) is 7.23. The molecule has 214 valence electrons. The zero-order valence-electron chi connectivity index (χ0n) is 24.3. The van der Waals surface area contributed by atoms with Crippen molar-refractivity contribution in [1.82, 2.24) is 0 Å². The highest BCUT2D eigenvalue weighted by atomic mass is 32.1. The van der Waals surface area contributed by atoms with Gasteiger partial charge in [-0.3, -0.25) is 0 Å². The SMILES string of the molecule is c1cc(-c2ccc3sc4cc5c(cc4c3c2)sc2ccccc25)cc(-c2ccc3sc4cc5c(cc4c3c2)sc2ccccc25)c1. The van der Waals surface area contributed by atoms with Crippen molar-refractivity contribution in [3.8, 4) is 22.3 Å². The molecule has 0 saturated heterocycles. The first-order valence-corrected chi connectivity index (χ1v) is 18.7. The maximum atomic E-state index is 2.42. The molecule has 11 rings (SSSR count). The topological polar surface area (TPSA) is 0 Å². The zero-order chi connectivity index (χ0) is 29.9. The second-order valence-corrected chi connectivity index (χ2v) is 16.4. The summed E-state index contributed by atoms with van der Waals surface area (Å²) >= 11 is 7.60. The van der Waals surface area contributed by atoms with Gasteiger partial charge in [0.25, 0.3) is 0 Å². The lowest BCUT2D eigenvalue weighted by Gasteiger charge is -2.07. The van der Waals surface area contributed by atoms with Crippen LogP contribution in [0.5, 0.6) is 0 Å². The molecule has 0 N–H and O–H groups in total. The first kappa shape index (κ1) is 25.6. The van der Waals surface area contributed by atoms with Crippen LogP contribution in [-0.2, 0) is 0 Å². The molecule has 0 atom stereocenters. The molecule has 4 aromatic heterocycles. The Balaban J connectivity index is 1.03. The Morgan fingerprint density at radius 3 is 1.02 bits per heavy atom. The molecule has 0 aliphatic rings. The van der Waals surface area contributed by atoms with Crippen molar-refractivity contribution in [2.75, 3.05) is 0 Å². The van der Waals surface area contributed by atoms with E-state index >= 15 is 0 Å². The number of benzene rings is 7. The highest BCUT2D eigenvalue weighted by Crippen LogP contribution is 2.44. The average Bonchev–Trinajstić information content (AvgIpc) is 3.85. The molecule has 0 amide bonds. The Morgan fingerprint density at radius 2 is 0.565 bits per heavy atom. The quantitative estimate of drug-likeness (QED) is 0.174. The maximum Gasteiger partial charge on any atom is 0.0362 e. The van der Waals surface area contributed by atoms with E-state index in [-0.39, 0.29) is 0 Å². The predicted octanol–water partition coefficient (Wildman–Crippen LogP) is 14.5. The Kier molecular flexibility index (Phi) is 5.27. The van der Waals surface area contributed by atoms with Gasteiger partial charge in [0.15, 0.2) is 0 Å². The summed E-state index contributed by atoms with van der Waals surface area (Å²) in [6.07, 6.45) is 0. The van der Waals surface area contributed by atoms with Crippen molar-refractivity contribution >= 4 is 126 Å². The van der Waals surface area contributed by atoms with Crippen LogP contribution in [0.15, 0.2) is 133 Å². The molecule has 0 fully saturated rings. The number of hydrogen-bond donors (Lipinski definition) is 0. The first-order valence-electron chi connectivity index (χ1n) is 15.4. The molecule has 0 bridgehead atoms. The molecule has 0 unspecified atom stereocenters. The minimum Gasteiger partial charge on any atom is -0.135 e. The highest BCUT2D eigenvalue weighted by molar-refractivity contribution is 7.28. The van der Waals surface area contributed by atoms with Crippen molar-refractivity contribution in [3.63, 3.8) is 0 Å². The van der Waals surface area contributed by atoms with Crippen LogP contribution >= 0.6 is 45.3 Å². The number of thiophene rings is 4. The largest absolute Gasteiger partial charge is 0.135 e. The molecule has 11 aromatic rings. The van der Waals surface area contributed by atoms with Crippen LogP contribution in [0.1, 0.15) is 0 Å². The standard InChI is InChI=1S/C42H22S4/c1-3-10-35-27(8-1)31-19-41-33(21-39(31)43-35)29-17-25(12-14-37(29)45-41)23-6-5-7-24(16-23)26-13-15-38-30(18-26)34-22-40-32(20-42(34)46-38)28-9-2-4-11-36(28)44-40/h1-22H. The molecule has 0 aliphatic carbocycles. The Bertz CT molecular complexity index is 2830. The fraction of sp³-hybridized carbons (Fsp3) is 0. The second kappa shape index (κ2) is 9.47. The van der Waals surface area contributed by atoms with E-state index in [1.165, 1.54) is 103 Å². The van der Waals surface area contributed by atoms with E-state index in [9.17, 15) is 0 Å². The Hall–Kier alpha value is -4.58. The van der Waals surface area contributed by atoms with Crippen molar-refractivity contribution in [1.29, 1.82) is 0 Å². The summed E-state index contributed by atoms with van der Waals surface area (Å²) in [5.41, 5.74) is 5.03. The summed E-state index contributed by atoms with van der Waals surface area (Å²) in [7, 11) is 0. The van der Waals surface area contributed by atoms with E-state index in [0.29, 0.717) is 0 Å². The lowest BCUT2D eigenvalue weighted by Crippen LogP contribution is -1.82. The molecule has 4 heteroatoms. The Morgan fingerprint density at radius 1 is 0.217 bits per heavy atom. The maximum absolute atomic E-state index is 2.42. The third-order valence-electron chi connectivity index (χ3n) is 9.47. The van der Waals surface area contributed by atoms with E-state index < -0.39 is 0 Å². The lowest BCUT2D eigenvalue weighted by molar-refractivity contribution is 1.63. The van der Waals surface area contributed by atoms with Crippen LogP contribution in [0.2, 0.25) is 0 Å². The van der Waals surface area contributed by atoms with Gasteiger partial charge in [-0.25, -0.2) is 0 Å².